The van der Waals surface area contributed by atoms with Gasteiger partial charge >= 0.3 is 0 Å². The third-order valence-corrected chi connectivity index (χ3v) is 1.72. The second-order valence-corrected chi connectivity index (χ2v) is 4.98. The van der Waals surface area contributed by atoms with Crippen LogP contribution in [0.25, 0.3) is 0 Å². The smallest absolute Gasteiger partial charge is 0.204 e. The molecule has 0 saturated heterocycles. The molecule has 1 aromatic rings. The van der Waals surface area contributed by atoms with Gasteiger partial charge in [-0.1, -0.05) is 0 Å². The number of aldehydes is 1. The number of hydrogen-bond acceptors (Lipinski definition) is 4. The fraction of sp³-hybridized carbons (Fsp3) is 0.462. The van der Waals surface area contributed by atoms with E-state index in [1.54, 1.807) is 24.3 Å². The highest BCUT2D eigenvalue weighted by atomic mass is 28.2. The van der Waals surface area contributed by atoms with Crippen LogP contribution in [0.5, 0.6) is 5.75 Å². The summed E-state index contributed by atoms with van der Waals surface area (Å²) in [7, 11) is 12.7. The van der Waals surface area contributed by atoms with Crippen molar-refractivity contribution in [3.8, 4) is 5.75 Å². The van der Waals surface area contributed by atoms with Crippen LogP contribution in [0, 0.1) is 0 Å². The summed E-state index contributed by atoms with van der Waals surface area (Å²) in [6.45, 7) is 0. The number of carbonyl (C=O) groups excluding carboxylic acids is 1. The number of hydrogen-bond donors (Lipinski definition) is 0. The predicted octanol–water partition coefficient (Wildman–Crippen LogP) is 0.514. The van der Waals surface area contributed by atoms with Gasteiger partial charge in [0, 0.05) is 5.56 Å². The van der Waals surface area contributed by atoms with Gasteiger partial charge in [0.2, 0.25) is 10.5 Å². The van der Waals surface area contributed by atoms with E-state index in [0.717, 1.165) is 12.0 Å². The lowest BCUT2D eigenvalue weighted by molar-refractivity contribution is 0.112. The van der Waals surface area contributed by atoms with E-state index in [0.29, 0.717) is 16.0 Å². The molecule has 104 valence electrons. The molecule has 5 heteroatoms. The van der Waals surface area contributed by atoms with Crippen LogP contribution in [0.15, 0.2) is 24.3 Å². The summed E-state index contributed by atoms with van der Waals surface area (Å²) >= 11 is 0. The highest BCUT2D eigenvalue weighted by molar-refractivity contribution is 6.00. The molecule has 4 nitrogen and oxygen atoms in total. The highest BCUT2D eigenvalue weighted by Gasteiger charge is 1.89. The van der Waals surface area contributed by atoms with Crippen LogP contribution in [-0.2, 0) is 0 Å². The van der Waals surface area contributed by atoms with Crippen LogP contribution in [-0.4, -0.2) is 68.9 Å². The minimum atomic E-state index is 0.683. The van der Waals surface area contributed by atoms with E-state index in [1.165, 1.54) is 0 Å². The average Bonchev–Trinajstić information content (AvgIpc) is 2.28. The summed E-state index contributed by atoms with van der Waals surface area (Å²) in [6.07, 6.45) is 0.816. The van der Waals surface area contributed by atoms with Gasteiger partial charge in [-0.3, -0.25) is 4.79 Å². The molecule has 0 heterocycles. The van der Waals surface area contributed by atoms with E-state index in [4.69, 9.17) is 4.43 Å². The maximum absolute atomic E-state index is 10.2. The molecule has 0 atom stereocenters. The first kappa shape index (κ1) is 19.2. The number of rotatable bonds is 2. The Labute approximate surface area is 114 Å². The molecule has 1 rings (SSSR count). The number of nitrogens with zero attached hydrogens (tertiary/aromatic N) is 2. The molecule has 0 saturated carbocycles. The van der Waals surface area contributed by atoms with Crippen molar-refractivity contribution in [3.63, 3.8) is 0 Å². The number of benzene rings is 1. The van der Waals surface area contributed by atoms with Gasteiger partial charge in [0.1, 0.15) is 12.0 Å². The summed E-state index contributed by atoms with van der Waals surface area (Å²) in [5.41, 5.74) is 0.683. The standard InChI is InChI=1S/C7H8O2Si.2C3H9N/c8-5-6-1-3-7(9-10)4-2-6;2*1-4(2)3/h1-5H,10H3;2*1-3H3. The first-order valence-corrected chi connectivity index (χ1v) is 6.46. The molecule has 0 bridgehead atoms. The summed E-state index contributed by atoms with van der Waals surface area (Å²) in [4.78, 5) is 14.2. The quantitative estimate of drug-likeness (QED) is 0.579. The van der Waals surface area contributed by atoms with Gasteiger partial charge in [-0.2, -0.15) is 0 Å². The lowest BCUT2D eigenvalue weighted by Gasteiger charge is -1.97. The normalized spacial score (nSPS) is 9.11. The molecular formula is C13H26N2O2Si. The van der Waals surface area contributed by atoms with Crippen LogP contribution in [0.4, 0.5) is 0 Å². The van der Waals surface area contributed by atoms with Crippen molar-refractivity contribution in [1.29, 1.82) is 0 Å². The second-order valence-electron chi connectivity index (χ2n) is 4.57. The largest absolute Gasteiger partial charge is 0.553 e. The zero-order chi connectivity index (χ0) is 14.6. The molecule has 0 unspecified atom stereocenters. The average molecular weight is 270 g/mol. The van der Waals surface area contributed by atoms with Crippen LogP contribution in [0.1, 0.15) is 10.4 Å². The SMILES string of the molecule is CN(C)C.CN(C)C.O=Cc1ccc(O[SiH3])cc1. The van der Waals surface area contributed by atoms with E-state index in [1.807, 2.05) is 52.1 Å². The lowest BCUT2D eigenvalue weighted by atomic mass is 10.2. The molecule has 0 aliphatic rings. The summed E-state index contributed by atoms with van der Waals surface area (Å²) < 4.78 is 5.04. The Hall–Kier alpha value is -1.17. The summed E-state index contributed by atoms with van der Waals surface area (Å²) in [5.74, 6) is 0.831. The lowest BCUT2D eigenvalue weighted by Crippen LogP contribution is -1.99. The monoisotopic (exact) mass is 270 g/mol. The van der Waals surface area contributed by atoms with Crippen LogP contribution in [0.3, 0.4) is 0 Å². The van der Waals surface area contributed by atoms with Gasteiger partial charge in [-0.15, -0.1) is 0 Å². The van der Waals surface area contributed by atoms with Crippen molar-refractivity contribution in [3.05, 3.63) is 29.8 Å². The highest BCUT2D eigenvalue weighted by Crippen LogP contribution is 2.08. The topological polar surface area (TPSA) is 32.8 Å². The van der Waals surface area contributed by atoms with Gasteiger partial charge in [0.15, 0.2) is 0 Å². The Bertz CT molecular complexity index is 289. The molecule has 0 N–H and O–H groups in total. The fourth-order valence-electron chi connectivity index (χ4n) is 0.682. The third kappa shape index (κ3) is 17.2. The minimum Gasteiger partial charge on any atom is -0.553 e. The van der Waals surface area contributed by atoms with E-state index in [9.17, 15) is 4.79 Å². The molecule has 18 heavy (non-hydrogen) atoms. The van der Waals surface area contributed by atoms with Crippen LogP contribution < -0.4 is 4.43 Å². The van der Waals surface area contributed by atoms with Crippen LogP contribution >= 0.6 is 0 Å². The first-order valence-electron chi connectivity index (χ1n) is 5.64. The van der Waals surface area contributed by atoms with Crippen molar-refractivity contribution >= 4 is 16.8 Å². The molecule has 0 aliphatic carbocycles. The maximum Gasteiger partial charge on any atom is 0.204 e. The molecule has 0 amide bonds. The molecule has 0 aliphatic heterocycles. The number of carbonyl (C=O) groups is 1. The third-order valence-electron chi connectivity index (χ3n) is 1.25. The molecule has 0 aromatic heterocycles. The Morgan fingerprint density at radius 2 is 1.28 bits per heavy atom. The fourth-order valence-corrected chi connectivity index (χ4v) is 0.955. The van der Waals surface area contributed by atoms with Crippen molar-refractivity contribution in [2.24, 2.45) is 0 Å². The Balaban J connectivity index is 0. The Morgan fingerprint density at radius 1 is 0.944 bits per heavy atom. The van der Waals surface area contributed by atoms with E-state index in [2.05, 4.69) is 0 Å². The minimum absolute atomic E-state index is 0.683. The van der Waals surface area contributed by atoms with Crippen molar-refractivity contribution < 1.29 is 9.22 Å². The summed E-state index contributed by atoms with van der Waals surface area (Å²) in [5, 5.41) is 0. The van der Waals surface area contributed by atoms with Gasteiger partial charge in [-0.05, 0) is 66.6 Å². The predicted molar refractivity (Wildman–Crippen MR) is 81.6 cm³/mol. The maximum atomic E-state index is 10.2. The molecule has 0 fully saturated rings. The Morgan fingerprint density at radius 3 is 1.50 bits per heavy atom. The van der Waals surface area contributed by atoms with Gasteiger partial charge < -0.3 is 14.2 Å². The zero-order valence-corrected chi connectivity index (χ0v) is 14.6. The molecule has 0 radical (unpaired) electrons. The molecule has 0 spiro atoms. The van der Waals surface area contributed by atoms with E-state index in [-0.39, 0.29) is 0 Å². The zero-order valence-electron chi connectivity index (χ0n) is 12.6. The van der Waals surface area contributed by atoms with Crippen molar-refractivity contribution in [1.82, 2.24) is 9.80 Å². The van der Waals surface area contributed by atoms with Gasteiger partial charge in [0.05, 0.1) is 0 Å². The molecular weight excluding hydrogens is 244 g/mol. The van der Waals surface area contributed by atoms with Gasteiger partial charge in [0.25, 0.3) is 0 Å². The van der Waals surface area contributed by atoms with Crippen LogP contribution in [0.2, 0.25) is 0 Å². The van der Waals surface area contributed by atoms with E-state index >= 15 is 0 Å². The second kappa shape index (κ2) is 12.3. The molecule has 1 aromatic carbocycles. The summed E-state index contributed by atoms with van der Waals surface area (Å²) in [6, 6.07) is 7.05. The van der Waals surface area contributed by atoms with E-state index < -0.39 is 0 Å². The first-order chi connectivity index (χ1) is 8.33. The van der Waals surface area contributed by atoms with Gasteiger partial charge in [-0.25, -0.2) is 0 Å². The van der Waals surface area contributed by atoms with Crippen molar-refractivity contribution in [2.45, 2.75) is 0 Å². The van der Waals surface area contributed by atoms with Crippen molar-refractivity contribution in [2.75, 3.05) is 42.3 Å². The Kier molecular flexibility index (Phi) is 13.1.